The molecule has 0 aliphatic carbocycles. The van der Waals surface area contributed by atoms with Gasteiger partial charge in [-0.3, -0.25) is 9.55 Å². The summed E-state index contributed by atoms with van der Waals surface area (Å²) in [6, 6.07) is 66.6. The summed E-state index contributed by atoms with van der Waals surface area (Å²) in [6.07, 6.45) is 1.96. The Morgan fingerprint density at radius 2 is 1.04 bits per heavy atom. The Labute approximate surface area is 317 Å². The van der Waals surface area contributed by atoms with E-state index in [9.17, 15) is 0 Å². The van der Waals surface area contributed by atoms with Crippen molar-refractivity contribution in [3.05, 3.63) is 194 Å². The number of pyridine rings is 1. The quantitative estimate of drug-likeness (QED) is 0.179. The average Bonchev–Trinajstić information content (AvgIpc) is 3.58. The van der Waals surface area contributed by atoms with Gasteiger partial charge in [-0.25, -0.2) is 9.97 Å². The molecule has 0 saturated carbocycles. The van der Waals surface area contributed by atoms with Crippen LogP contribution in [0, 0.1) is 0 Å². The number of fused-ring (bicyclic) bond motifs is 6. The molecule has 11 aromatic rings. The van der Waals surface area contributed by atoms with Gasteiger partial charge in [0.25, 0.3) is 0 Å². The first-order valence-electron chi connectivity index (χ1n) is 18.6. The summed E-state index contributed by atoms with van der Waals surface area (Å²) in [5.41, 5.74) is 11.5. The molecule has 256 valence electrons. The van der Waals surface area contributed by atoms with Gasteiger partial charge in [-0.05, 0) is 85.8 Å². The molecule has 4 nitrogen and oxygen atoms in total. The van der Waals surface area contributed by atoms with Gasteiger partial charge < -0.3 is 0 Å². The molecule has 0 radical (unpaired) electrons. The third-order valence-corrected chi connectivity index (χ3v) is 10.8. The first-order chi connectivity index (χ1) is 27.2. The van der Waals surface area contributed by atoms with Crippen LogP contribution in [0.1, 0.15) is 0 Å². The van der Waals surface area contributed by atoms with Crippen molar-refractivity contribution in [2.45, 2.75) is 0 Å². The normalized spacial score (nSPS) is 11.6. The van der Waals surface area contributed by atoms with Crippen molar-refractivity contribution in [3.63, 3.8) is 0 Å². The smallest absolute Gasteiger partial charge is 0.235 e. The summed E-state index contributed by atoms with van der Waals surface area (Å²) in [7, 11) is 0. The van der Waals surface area contributed by atoms with E-state index in [0.717, 1.165) is 55.4 Å². The third kappa shape index (κ3) is 5.26. The Hall–Kier alpha value is -7.43. The molecule has 0 unspecified atom stereocenters. The fourth-order valence-electron chi connectivity index (χ4n) is 8.11. The van der Waals surface area contributed by atoms with Gasteiger partial charge >= 0.3 is 0 Å². The van der Waals surface area contributed by atoms with Crippen molar-refractivity contribution >= 4 is 54.3 Å². The van der Waals surface area contributed by atoms with Crippen molar-refractivity contribution in [1.82, 2.24) is 19.5 Å². The molecule has 3 heterocycles. The average molecular weight is 701 g/mol. The van der Waals surface area contributed by atoms with Crippen LogP contribution < -0.4 is 0 Å². The predicted molar refractivity (Wildman–Crippen MR) is 228 cm³/mol. The number of nitrogens with zero attached hydrogens (tertiary/aromatic N) is 4. The minimum Gasteiger partial charge on any atom is -0.278 e. The highest BCUT2D eigenvalue weighted by Gasteiger charge is 2.21. The Balaban J connectivity index is 1.11. The fourth-order valence-corrected chi connectivity index (χ4v) is 8.11. The third-order valence-electron chi connectivity index (χ3n) is 10.8. The lowest BCUT2D eigenvalue weighted by Crippen LogP contribution is -2.04. The molecule has 0 saturated heterocycles. The van der Waals surface area contributed by atoms with Crippen LogP contribution in [0.3, 0.4) is 0 Å². The molecule has 0 aliphatic rings. The lowest BCUT2D eigenvalue weighted by molar-refractivity contribution is 1.01. The summed E-state index contributed by atoms with van der Waals surface area (Å²) in [5.74, 6) is 0.612. The Morgan fingerprint density at radius 1 is 0.382 bits per heavy atom. The maximum Gasteiger partial charge on any atom is 0.235 e. The molecular weight excluding hydrogens is 669 g/mol. The van der Waals surface area contributed by atoms with E-state index in [1.165, 1.54) is 43.6 Å². The SMILES string of the molecule is c1ccc(-c2ccc(-c3cccc4c3c3cc5ccccc5cc3n4-c3nc(-c4ccc(-c5ccc6ccccc6c5)cn4)c4ccccc4n3)cc2)cc1. The minimum atomic E-state index is 0.612. The molecular formula is C51H32N4. The van der Waals surface area contributed by atoms with Crippen molar-refractivity contribution in [2.75, 3.05) is 0 Å². The standard InChI is InChI=1S/C51H32N4/c1-2-11-33(12-3-1)35-21-24-36(25-22-35)42-18-10-20-47-49(42)44-30-38-15-6-7-16-39(38)31-48(44)55(47)51-53-45-19-9-8-17-43(45)50(54-51)46-28-27-41(32-52-46)40-26-23-34-13-4-5-14-37(34)29-40/h1-32H. The van der Waals surface area contributed by atoms with Crippen LogP contribution in [-0.4, -0.2) is 19.5 Å². The maximum atomic E-state index is 5.37. The van der Waals surface area contributed by atoms with E-state index in [1.54, 1.807) is 0 Å². The van der Waals surface area contributed by atoms with Crippen molar-refractivity contribution in [1.29, 1.82) is 0 Å². The highest BCUT2D eigenvalue weighted by atomic mass is 15.2. The van der Waals surface area contributed by atoms with Gasteiger partial charge in [-0.1, -0.05) is 152 Å². The van der Waals surface area contributed by atoms with E-state index < -0.39 is 0 Å². The van der Waals surface area contributed by atoms with E-state index in [4.69, 9.17) is 15.0 Å². The van der Waals surface area contributed by atoms with Crippen LogP contribution in [0.5, 0.6) is 0 Å². The molecule has 0 bridgehead atoms. The molecule has 0 fully saturated rings. The summed E-state index contributed by atoms with van der Waals surface area (Å²) in [4.78, 5) is 15.7. The van der Waals surface area contributed by atoms with Crippen LogP contribution in [0.4, 0.5) is 0 Å². The topological polar surface area (TPSA) is 43.6 Å². The zero-order valence-electron chi connectivity index (χ0n) is 29.8. The number of hydrogen-bond donors (Lipinski definition) is 0. The number of benzene rings is 8. The predicted octanol–water partition coefficient (Wildman–Crippen LogP) is 13.1. The highest BCUT2D eigenvalue weighted by molar-refractivity contribution is 6.18. The molecule has 0 aliphatic heterocycles. The van der Waals surface area contributed by atoms with Crippen molar-refractivity contribution in [3.8, 4) is 50.7 Å². The van der Waals surface area contributed by atoms with E-state index in [2.05, 4.69) is 180 Å². The second kappa shape index (κ2) is 12.6. The second-order valence-corrected chi connectivity index (χ2v) is 14.1. The van der Waals surface area contributed by atoms with Gasteiger partial charge in [-0.15, -0.1) is 0 Å². The van der Waals surface area contributed by atoms with Gasteiger partial charge in [0.05, 0.1) is 22.2 Å². The van der Waals surface area contributed by atoms with Gasteiger partial charge in [0, 0.05) is 27.9 Å². The van der Waals surface area contributed by atoms with Gasteiger partial charge in [0.2, 0.25) is 5.95 Å². The Kier molecular flexibility index (Phi) is 7.14. The first-order valence-corrected chi connectivity index (χ1v) is 18.6. The number of hydrogen-bond acceptors (Lipinski definition) is 3. The molecule has 0 spiro atoms. The molecule has 55 heavy (non-hydrogen) atoms. The lowest BCUT2D eigenvalue weighted by atomic mass is 9.96. The summed E-state index contributed by atoms with van der Waals surface area (Å²) in [6.45, 7) is 0. The molecule has 11 rings (SSSR count). The largest absolute Gasteiger partial charge is 0.278 e. The van der Waals surface area contributed by atoms with E-state index in [1.807, 2.05) is 18.3 Å². The Bertz CT molecular complexity index is 3240. The number of rotatable bonds is 5. The van der Waals surface area contributed by atoms with E-state index in [-0.39, 0.29) is 0 Å². The van der Waals surface area contributed by atoms with Crippen LogP contribution in [-0.2, 0) is 0 Å². The van der Waals surface area contributed by atoms with Crippen molar-refractivity contribution in [2.24, 2.45) is 0 Å². The molecule has 4 heteroatoms. The number of para-hydroxylation sites is 1. The summed E-state index contributed by atoms with van der Waals surface area (Å²) in [5, 5.41) is 8.09. The first kappa shape index (κ1) is 31.1. The zero-order chi connectivity index (χ0) is 36.3. The molecule has 0 amide bonds. The lowest BCUT2D eigenvalue weighted by Gasteiger charge is -2.12. The van der Waals surface area contributed by atoms with Crippen molar-refractivity contribution < 1.29 is 0 Å². The molecule has 8 aromatic carbocycles. The number of aromatic nitrogens is 4. The van der Waals surface area contributed by atoms with Gasteiger partial charge in [0.15, 0.2) is 0 Å². The van der Waals surface area contributed by atoms with Crippen LogP contribution in [0.25, 0.3) is 105 Å². The monoisotopic (exact) mass is 700 g/mol. The van der Waals surface area contributed by atoms with Gasteiger partial charge in [-0.2, -0.15) is 0 Å². The zero-order valence-corrected chi connectivity index (χ0v) is 29.8. The second-order valence-electron chi connectivity index (χ2n) is 14.1. The fraction of sp³-hybridized carbons (Fsp3) is 0. The van der Waals surface area contributed by atoms with Gasteiger partial charge in [0.1, 0.15) is 5.69 Å². The molecule has 0 atom stereocenters. The van der Waals surface area contributed by atoms with Crippen LogP contribution in [0.15, 0.2) is 194 Å². The Morgan fingerprint density at radius 3 is 1.84 bits per heavy atom. The summed E-state index contributed by atoms with van der Waals surface area (Å²) >= 11 is 0. The minimum absolute atomic E-state index is 0.612. The molecule has 0 N–H and O–H groups in total. The van der Waals surface area contributed by atoms with E-state index in [0.29, 0.717) is 5.95 Å². The highest BCUT2D eigenvalue weighted by Crippen LogP contribution is 2.41. The van der Waals surface area contributed by atoms with Crippen LogP contribution in [0.2, 0.25) is 0 Å². The molecule has 3 aromatic heterocycles. The van der Waals surface area contributed by atoms with E-state index >= 15 is 0 Å². The van der Waals surface area contributed by atoms with Crippen LogP contribution >= 0.6 is 0 Å². The summed E-state index contributed by atoms with van der Waals surface area (Å²) < 4.78 is 2.23. The maximum absolute atomic E-state index is 5.37.